The fourth-order valence-corrected chi connectivity index (χ4v) is 4.70. The van der Waals surface area contributed by atoms with E-state index in [2.05, 4.69) is 10.0 Å². The molecule has 3 rings (SSSR count). The van der Waals surface area contributed by atoms with Gasteiger partial charge in [-0.1, -0.05) is 18.9 Å². The zero-order chi connectivity index (χ0) is 14.2. The lowest BCUT2D eigenvalue weighted by molar-refractivity contribution is 0.536. The van der Waals surface area contributed by atoms with Gasteiger partial charge in [0, 0.05) is 18.6 Å². The molecule has 1 aromatic rings. The maximum Gasteiger partial charge on any atom is 0.213 e. The minimum Gasteiger partial charge on any atom is -0.305 e. The van der Waals surface area contributed by atoms with Crippen LogP contribution in [0.25, 0.3) is 0 Å². The number of halogens is 1. The summed E-state index contributed by atoms with van der Waals surface area (Å²) in [6.07, 6.45) is 4.05. The summed E-state index contributed by atoms with van der Waals surface area (Å²) in [7, 11) is -3.31. The van der Waals surface area contributed by atoms with Crippen molar-refractivity contribution < 1.29 is 12.8 Å². The van der Waals surface area contributed by atoms with E-state index in [9.17, 15) is 12.8 Å². The maximum atomic E-state index is 13.1. The van der Waals surface area contributed by atoms with Gasteiger partial charge in [0.1, 0.15) is 5.82 Å². The summed E-state index contributed by atoms with van der Waals surface area (Å²) in [4.78, 5) is 0. The summed E-state index contributed by atoms with van der Waals surface area (Å²) < 4.78 is 40.3. The lowest BCUT2D eigenvalue weighted by atomic mass is 10.1. The van der Waals surface area contributed by atoms with Gasteiger partial charge in [-0.05, 0) is 36.1 Å². The van der Waals surface area contributed by atoms with Crippen molar-refractivity contribution in [1.29, 1.82) is 0 Å². The van der Waals surface area contributed by atoms with Crippen LogP contribution >= 0.6 is 0 Å². The summed E-state index contributed by atoms with van der Waals surface area (Å²) in [5.41, 5.74) is 1.74. The fraction of sp³-hybridized carbons (Fsp3) is 0.571. The minimum absolute atomic E-state index is 0.0160. The second-order valence-electron chi connectivity index (χ2n) is 5.66. The number of nitrogens with one attached hydrogen (secondary N) is 2. The molecule has 6 heteroatoms. The third kappa shape index (κ3) is 3.02. The molecule has 1 fully saturated rings. The molecule has 20 heavy (non-hydrogen) atoms. The SMILES string of the molecule is O=S(=O)(CC1NCc2cc(F)ccc21)NC1CCCC1. The molecule has 0 saturated heterocycles. The molecule has 2 aliphatic rings. The van der Waals surface area contributed by atoms with Crippen LogP contribution in [-0.4, -0.2) is 20.2 Å². The normalized spacial score (nSPS) is 23.1. The van der Waals surface area contributed by atoms with E-state index in [1.807, 2.05) is 0 Å². The van der Waals surface area contributed by atoms with Gasteiger partial charge >= 0.3 is 0 Å². The highest BCUT2D eigenvalue weighted by atomic mass is 32.2. The van der Waals surface area contributed by atoms with Gasteiger partial charge in [0.05, 0.1) is 5.75 Å². The van der Waals surface area contributed by atoms with E-state index in [1.165, 1.54) is 12.1 Å². The maximum absolute atomic E-state index is 13.1. The van der Waals surface area contributed by atoms with Gasteiger partial charge in [-0.2, -0.15) is 0 Å². The van der Waals surface area contributed by atoms with Gasteiger partial charge in [0.2, 0.25) is 10.0 Å². The Morgan fingerprint density at radius 3 is 2.80 bits per heavy atom. The molecule has 1 unspecified atom stereocenters. The van der Waals surface area contributed by atoms with Crippen LogP contribution < -0.4 is 10.0 Å². The second-order valence-corrected chi connectivity index (χ2v) is 7.46. The van der Waals surface area contributed by atoms with Crippen molar-refractivity contribution in [2.75, 3.05) is 5.75 Å². The molecule has 0 radical (unpaired) electrons. The van der Waals surface area contributed by atoms with Gasteiger partial charge in [-0.25, -0.2) is 17.5 Å². The molecule has 0 bridgehead atoms. The zero-order valence-electron chi connectivity index (χ0n) is 11.2. The monoisotopic (exact) mass is 298 g/mol. The Kier molecular flexibility index (Phi) is 3.79. The third-order valence-electron chi connectivity index (χ3n) is 4.11. The van der Waals surface area contributed by atoms with Crippen molar-refractivity contribution in [1.82, 2.24) is 10.0 Å². The molecule has 0 aromatic heterocycles. The van der Waals surface area contributed by atoms with Gasteiger partial charge in [0.25, 0.3) is 0 Å². The van der Waals surface area contributed by atoms with Crippen LogP contribution in [-0.2, 0) is 16.6 Å². The molecule has 1 heterocycles. The first-order valence-corrected chi connectivity index (χ1v) is 8.70. The highest BCUT2D eigenvalue weighted by Gasteiger charge is 2.29. The quantitative estimate of drug-likeness (QED) is 0.891. The molecule has 0 amide bonds. The summed E-state index contributed by atoms with van der Waals surface area (Å²) >= 11 is 0. The highest BCUT2D eigenvalue weighted by molar-refractivity contribution is 7.89. The van der Waals surface area contributed by atoms with Crippen molar-refractivity contribution in [2.24, 2.45) is 0 Å². The van der Waals surface area contributed by atoms with Crippen molar-refractivity contribution in [3.05, 3.63) is 35.1 Å². The van der Waals surface area contributed by atoms with Crippen molar-refractivity contribution >= 4 is 10.0 Å². The smallest absolute Gasteiger partial charge is 0.213 e. The Hall–Kier alpha value is -0.980. The topological polar surface area (TPSA) is 58.2 Å². The van der Waals surface area contributed by atoms with Crippen molar-refractivity contribution in [3.63, 3.8) is 0 Å². The summed E-state index contributed by atoms with van der Waals surface area (Å²) in [5.74, 6) is -0.263. The number of rotatable bonds is 4. The second kappa shape index (κ2) is 5.42. The molecule has 110 valence electrons. The first-order chi connectivity index (χ1) is 9.53. The van der Waals surface area contributed by atoms with Crippen LogP contribution in [0.1, 0.15) is 42.9 Å². The van der Waals surface area contributed by atoms with Gasteiger partial charge in [0.15, 0.2) is 0 Å². The average molecular weight is 298 g/mol. The molecule has 2 N–H and O–H groups in total. The molecular weight excluding hydrogens is 279 g/mol. The summed E-state index contributed by atoms with van der Waals surface area (Å²) in [5, 5.41) is 3.14. The Morgan fingerprint density at radius 1 is 1.30 bits per heavy atom. The number of sulfonamides is 1. The predicted octanol–water partition coefficient (Wildman–Crippen LogP) is 1.83. The van der Waals surface area contributed by atoms with E-state index in [0.29, 0.717) is 6.54 Å². The zero-order valence-corrected chi connectivity index (χ0v) is 12.0. The van der Waals surface area contributed by atoms with Gasteiger partial charge in [-0.15, -0.1) is 0 Å². The molecule has 1 atom stereocenters. The van der Waals surface area contributed by atoms with Gasteiger partial charge < -0.3 is 5.32 Å². The minimum atomic E-state index is -3.31. The fourth-order valence-electron chi connectivity index (χ4n) is 3.12. The largest absolute Gasteiger partial charge is 0.305 e. The first kappa shape index (κ1) is 14.0. The van der Waals surface area contributed by atoms with Crippen LogP contribution in [0.4, 0.5) is 4.39 Å². The van der Waals surface area contributed by atoms with Crippen LogP contribution in [0.3, 0.4) is 0 Å². The number of hydrogen-bond acceptors (Lipinski definition) is 3. The molecule has 1 aliphatic heterocycles. The van der Waals surface area contributed by atoms with E-state index >= 15 is 0 Å². The first-order valence-electron chi connectivity index (χ1n) is 7.05. The Morgan fingerprint density at radius 2 is 2.05 bits per heavy atom. The highest BCUT2D eigenvalue weighted by Crippen LogP contribution is 2.27. The van der Waals surface area contributed by atoms with Gasteiger partial charge in [-0.3, -0.25) is 0 Å². The van der Waals surface area contributed by atoms with Crippen LogP contribution in [0, 0.1) is 5.82 Å². The number of fused-ring (bicyclic) bond motifs is 1. The number of benzene rings is 1. The lowest BCUT2D eigenvalue weighted by Gasteiger charge is -2.16. The summed E-state index contributed by atoms with van der Waals surface area (Å²) in [6, 6.07) is 4.38. The lowest BCUT2D eigenvalue weighted by Crippen LogP contribution is -2.37. The van der Waals surface area contributed by atoms with E-state index in [4.69, 9.17) is 0 Å². The standard InChI is InChI=1S/C14H19FN2O2S/c15-11-5-6-13-10(7-11)8-16-14(13)9-20(18,19)17-12-3-1-2-4-12/h5-7,12,14,16-17H,1-4,8-9H2. The van der Waals surface area contributed by atoms with E-state index < -0.39 is 10.0 Å². The third-order valence-corrected chi connectivity index (χ3v) is 5.57. The van der Waals surface area contributed by atoms with Crippen molar-refractivity contribution in [2.45, 2.75) is 44.3 Å². The molecule has 1 saturated carbocycles. The van der Waals surface area contributed by atoms with Crippen LogP contribution in [0.15, 0.2) is 18.2 Å². The van der Waals surface area contributed by atoms with Crippen molar-refractivity contribution in [3.8, 4) is 0 Å². The molecule has 0 spiro atoms. The molecule has 1 aliphatic carbocycles. The van der Waals surface area contributed by atoms with Crippen LogP contribution in [0.2, 0.25) is 0 Å². The molecular formula is C14H19FN2O2S. The molecule has 4 nitrogen and oxygen atoms in total. The molecule has 1 aromatic carbocycles. The van der Waals surface area contributed by atoms with E-state index in [-0.39, 0.29) is 23.7 Å². The Bertz CT molecular complexity index is 597. The Labute approximate surface area is 118 Å². The van der Waals surface area contributed by atoms with E-state index in [1.54, 1.807) is 6.07 Å². The Balaban J connectivity index is 1.70. The average Bonchev–Trinajstić information content (AvgIpc) is 2.98. The van der Waals surface area contributed by atoms with E-state index in [0.717, 1.165) is 36.8 Å². The predicted molar refractivity (Wildman–Crippen MR) is 75.2 cm³/mol. The summed E-state index contributed by atoms with van der Waals surface area (Å²) in [6.45, 7) is 0.525. The number of hydrogen-bond donors (Lipinski definition) is 2. The van der Waals surface area contributed by atoms with Crippen LogP contribution in [0.5, 0.6) is 0 Å².